The van der Waals surface area contributed by atoms with Gasteiger partial charge in [0.05, 0.1) is 4.90 Å². The second-order valence-electron chi connectivity index (χ2n) is 4.30. The van der Waals surface area contributed by atoms with Crippen LogP contribution in [-0.2, 0) is 10.0 Å². The molecule has 0 aliphatic heterocycles. The Labute approximate surface area is 117 Å². The third-order valence-corrected chi connectivity index (χ3v) is 4.51. The lowest BCUT2D eigenvalue weighted by Gasteiger charge is -2.20. The molecule has 0 aliphatic rings. The molecule has 0 aliphatic carbocycles. The van der Waals surface area contributed by atoms with Gasteiger partial charge in [0.2, 0.25) is 15.6 Å². The lowest BCUT2D eigenvalue weighted by atomic mass is 10.3. The number of pyridine rings is 1. The van der Waals surface area contributed by atoms with Crippen molar-refractivity contribution in [2.24, 2.45) is 0 Å². The molecule has 0 aromatic carbocycles. The number of carbonyl (C=O) groups is 1. The van der Waals surface area contributed by atoms with Gasteiger partial charge in [0, 0.05) is 19.2 Å². The molecule has 0 amide bonds. The van der Waals surface area contributed by atoms with Gasteiger partial charge in [-0.3, -0.25) is 4.79 Å². The summed E-state index contributed by atoms with van der Waals surface area (Å²) in [6.45, 7) is 4.34. The first-order chi connectivity index (χ1) is 9.32. The number of aromatic nitrogens is 1. The minimum Gasteiger partial charge on any atom is -0.477 e. The van der Waals surface area contributed by atoms with Crippen molar-refractivity contribution in [2.45, 2.75) is 31.6 Å². The van der Waals surface area contributed by atoms with Crippen molar-refractivity contribution in [2.75, 3.05) is 13.1 Å². The SMILES string of the molecule is CCCN(CCC)S(=O)(=O)c1cc(C(=O)O)[nH]c(=O)c1. The Bertz CT molecular complexity index is 629. The van der Waals surface area contributed by atoms with E-state index in [0.717, 1.165) is 12.1 Å². The first-order valence-corrected chi connectivity index (χ1v) is 7.74. The number of hydrogen-bond acceptors (Lipinski definition) is 4. The fourth-order valence-corrected chi connectivity index (χ4v) is 3.45. The largest absolute Gasteiger partial charge is 0.477 e. The van der Waals surface area contributed by atoms with E-state index in [1.165, 1.54) is 4.31 Å². The third kappa shape index (κ3) is 3.67. The van der Waals surface area contributed by atoms with Crippen molar-refractivity contribution in [1.82, 2.24) is 9.29 Å². The number of sulfonamides is 1. The molecule has 0 bridgehead atoms. The molecule has 0 radical (unpaired) electrons. The fourth-order valence-electron chi connectivity index (χ4n) is 1.78. The number of carboxylic acids is 1. The number of hydrogen-bond donors (Lipinski definition) is 2. The van der Waals surface area contributed by atoms with E-state index in [1.54, 1.807) is 0 Å². The highest BCUT2D eigenvalue weighted by molar-refractivity contribution is 7.89. The van der Waals surface area contributed by atoms with Gasteiger partial charge in [0.1, 0.15) is 5.69 Å². The summed E-state index contributed by atoms with van der Waals surface area (Å²) in [5.41, 5.74) is -1.19. The number of nitrogens with one attached hydrogen (secondary N) is 1. The quantitative estimate of drug-likeness (QED) is 0.777. The van der Waals surface area contributed by atoms with Crippen molar-refractivity contribution in [3.8, 4) is 0 Å². The number of carboxylic acid groups (broad SMARTS) is 1. The predicted molar refractivity (Wildman–Crippen MR) is 73.4 cm³/mol. The Balaban J connectivity index is 3.33. The minimum atomic E-state index is -3.85. The number of nitrogens with zero attached hydrogens (tertiary/aromatic N) is 1. The van der Waals surface area contributed by atoms with E-state index in [0.29, 0.717) is 25.9 Å². The van der Waals surface area contributed by atoms with Crippen molar-refractivity contribution in [3.05, 3.63) is 28.2 Å². The second-order valence-corrected chi connectivity index (χ2v) is 6.24. The second kappa shape index (κ2) is 6.67. The van der Waals surface area contributed by atoms with Crippen LogP contribution in [0.3, 0.4) is 0 Å². The number of aromatic amines is 1. The summed E-state index contributed by atoms with van der Waals surface area (Å²) < 4.78 is 26.1. The van der Waals surface area contributed by atoms with Crippen LogP contribution in [-0.4, -0.2) is 41.9 Å². The summed E-state index contributed by atoms with van der Waals surface area (Å²) in [5.74, 6) is -1.38. The van der Waals surface area contributed by atoms with Crippen LogP contribution >= 0.6 is 0 Å². The molecule has 2 N–H and O–H groups in total. The molecule has 0 saturated heterocycles. The molecule has 0 saturated carbocycles. The zero-order chi connectivity index (χ0) is 15.3. The number of rotatable bonds is 7. The van der Waals surface area contributed by atoms with Crippen molar-refractivity contribution >= 4 is 16.0 Å². The first-order valence-electron chi connectivity index (χ1n) is 6.30. The van der Waals surface area contributed by atoms with Gasteiger partial charge in [-0.2, -0.15) is 4.31 Å². The Kier molecular flexibility index (Phi) is 5.46. The van der Waals surface area contributed by atoms with Gasteiger partial charge >= 0.3 is 5.97 Å². The maximum Gasteiger partial charge on any atom is 0.352 e. The van der Waals surface area contributed by atoms with Gasteiger partial charge < -0.3 is 10.1 Å². The molecule has 7 nitrogen and oxygen atoms in total. The van der Waals surface area contributed by atoms with E-state index in [1.807, 2.05) is 13.8 Å². The molecule has 0 unspecified atom stereocenters. The minimum absolute atomic E-state index is 0.291. The van der Waals surface area contributed by atoms with Crippen molar-refractivity contribution in [3.63, 3.8) is 0 Å². The van der Waals surface area contributed by atoms with Crippen LogP contribution in [0.1, 0.15) is 37.2 Å². The van der Waals surface area contributed by atoms with E-state index in [2.05, 4.69) is 4.98 Å². The van der Waals surface area contributed by atoms with Gasteiger partial charge in [-0.1, -0.05) is 13.8 Å². The Hall–Kier alpha value is -1.67. The fraction of sp³-hybridized carbons (Fsp3) is 0.500. The van der Waals surface area contributed by atoms with E-state index in [9.17, 15) is 18.0 Å². The molecule has 112 valence electrons. The van der Waals surface area contributed by atoms with Crippen molar-refractivity contribution < 1.29 is 18.3 Å². The van der Waals surface area contributed by atoms with Gasteiger partial charge in [-0.05, 0) is 18.9 Å². The van der Waals surface area contributed by atoms with Crippen LogP contribution in [0.2, 0.25) is 0 Å². The Morgan fingerprint density at radius 1 is 1.25 bits per heavy atom. The Morgan fingerprint density at radius 3 is 2.25 bits per heavy atom. The van der Waals surface area contributed by atoms with Crippen LogP contribution in [0, 0.1) is 0 Å². The van der Waals surface area contributed by atoms with Crippen LogP contribution in [0.25, 0.3) is 0 Å². The molecular formula is C12H18N2O5S. The summed E-state index contributed by atoms with van der Waals surface area (Å²) in [6, 6.07) is 1.87. The summed E-state index contributed by atoms with van der Waals surface area (Å²) in [7, 11) is -3.85. The zero-order valence-corrected chi connectivity index (χ0v) is 12.2. The maximum absolute atomic E-state index is 12.4. The standard InChI is InChI=1S/C12H18N2O5S/c1-3-5-14(6-4-2)20(18,19)9-7-10(12(16)17)13-11(15)8-9/h7-8H,3-6H2,1-2H3,(H,13,15)(H,16,17). The third-order valence-electron chi connectivity index (χ3n) is 2.63. The molecule has 1 aromatic heterocycles. The van der Waals surface area contributed by atoms with E-state index < -0.39 is 27.2 Å². The average Bonchev–Trinajstić information content (AvgIpc) is 2.37. The summed E-state index contributed by atoms with van der Waals surface area (Å²) in [6.07, 6.45) is 1.27. The summed E-state index contributed by atoms with van der Waals surface area (Å²) >= 11 is 0. The maximum atomic E-state index is 12.4. The highest BCUT2D eigenvalue weighted by Gasteiger charge is 2.24. The predicted octanol–water partition coefficient (Wildman–Crippen LogP) is 0.884. The molecule has 1 aromatic rings. The monoisotopic (exact) mass is 302 g/mol. The summed E-state index contributed by atoms with van der Waals surface area (Å²) in [5, 5.41) is 8.87. The Morgan fingerprint density at radius 2 is 1.80 bits per heavy atom. The number of aromatic carboxylic acids is 1. The van der Waals surface area contributed by atoms with E-state index in [4.69, 9.17) is 5.11 Å². The molecule has 0 fully saturated rings. The van der Waals surface area contributed by atoms with Crippen LogP contribution < -0.4 is 5.56 Å². The molecule has 8 heteroatoms. The first kappa shape index (κ1) is 16.4. The van der Waals surface area contributed by atoms with E-state index in [-0.39, 0.29) is 4.90 Å². The highest BCUT2D eigenvalue weighted by Crippen LogP contribution is 2.15. The average molecular weight is 302 g/mol. The number of H-pyrrole nitrogens is 1. The smallest absolute Gasteiger partial charge is 0.352 e. The molecule has 1 rings (SSSR count). The molecule has 20 heavy (non-hydrogen) atoms. The normalized spacial score (nSPS) is 11.8. The molecule has 0 spiro atoms. The zero-order valence-electron chi connectivity index (χ0n) is 11.4. The molecular weight excluding hydrogens is 284 g/mol. The van der Waals surface area contributed by atoms with Gasteiger partial charge in [-0.15, -0.1) is 0 Å². The topological polar surface area (TPSA) is 108 Å². The molecule has 1 heterocycles. The van der Waals surface area contributed by atoms with Crippen molar-refractivity contribution in [1.29, 1.82) is 0 Å². The van der Waals surface area contributed by atoms with Gasteiger partial charge in [-0.25, -0.2) is 13.2 Å². The van der Waals surface area contributed by atoms with Crippen LogP contribution in [0.15, 0.2) is 21.8 Å². The van der Waals surface area contributed by atoms with Crippen LogP contribution in [0.4, 0.5) is 0 Å². The summed E-state index contributed by atoms with van der Waals surface area (Å²) in [4.78, 5) is 24.1. The van der Waals surface area contributed by atoms with Crippen LogP contribution in [0.5, 0.6) is 0 Å². The lowest BCUT2D eigenvalue weighted by Crippen LogP contribution is -2.33. The van der Waals surface area contributed by atoms with Gasteiger partial charge in [0.25, 0.3) is 0 Å². The highest BCUT2D eigenvalue weighted by atomic mass is 32.2. The van der Waals surface area contributed by atoms with E-state index >= 15 is 0 Å². The van der Waals surface area contributed by atoms with Gasteiger partial charge in [0.15, 0.2) is 0 Å². The lowest BCUT2D eigenvalue weighted by molar-refractivity contribution is 0.0690. The molecule has 0 atom stereocenters.